The summed E-state index contributed by atoms with van der Waals surface area (Å²) in [5.74, 6) is -0.406. The van der Waals surface area contributed by atoms with Gasteiger partial charge in [0.15, 0.2) is 0 Å². The fourth-order valence-corrected chi connectivity index (χ4v) is 6.63. The van der Waals surface area contributed by atoms with Crippen LogP contribution in [0.25, 0.3) is 0 Å². The van der Waals surface area contributed by atoms with Crippen molar-refractivity contribution in [3.05, 3.63) is 92.0 Å². The molecule has 1 N–H and O–H groups in total. The normalized spacial score (nSPS) is 11.7. The Morgan fingerprint density at radius 2 is 1.47 bits per heavy atom. The van der Waals surface area contributed by atoms with Crippen molar-refractivity contribution in [2.45, 2.75) is 58.9 Å². The summed E-state index contributed by atoms with van der Waals surface area (Å²) in [7, 11) is -4.02. The lowest BCUT2D eigenvalue weighted by molar-refractivity contribution is -0.116. The highest BCUT2D eigenvalue weighted by Crippen LogP contribution is 2.29. The van der Waals surface area contributed by atoms with Gasteiger partial charge in [0.1, 0.15) is 0 Å². The monoisotopic (exact) mass is 546 g/mol. The highest BCUT2D eigenvalue weighted by molar-refractivity contribution is 7.89. The molecule has 8 heteroatoms. The predicted octanol–water partition coefficient (Wildman–Crippen LogP) is 6.87. The van der Waals surface area contributed by atoms with Crippen LogP contribution in [0.4, 0.5) is 5.69 Å². The van der Waals surface area contributed by atoms with Crippen molar-refractivity contribution >= 4 is 44.8 Å². The quantitative estimate of drug-likeness (QED) is 0.318. The average molecular weight is 548 g/mol. The third-order valence-corrected chi connectivity index (χ3v) is 8.97. The van der Waals surface area contributed by atoms with Crippen LogP contribution in [-0.2, 0) is 34.2 Å². The Kier molecular flexibility index (Phi) is 9.23. The van der Waals surface area contributed by atoms with Gasteiger partial charge in [-0.25, -0.2) is 8.42 Å². The molecule has 0 aliphatic heterocycles. The third-order valence-electron chi connectivity index (χ3n) is 6.13. The summed E-state index contributed by atoms with van der Waals surface area (Å²) < 4.78 is 29.1. The van der Waals surface area contributed by atoms with E-state index in [4.69, 9.17) is 23.2 Å². The Morgan fingerprint density at radius 3 is 2.00 bits per heavy atom. The van der Waals surface area contributed by atoms with Gasteiger partial charge in [-0.15, -0.1) is 0 Å². The van der Waals surface area contributed by atoms with Crippen molar-refractivity contribution in [3.8, 4) is 0 Å². The van der Waals surface area contributed by atoms with Crippen LogP contribution >= 0.6 is 23.2 Å². The second-order valence-electron chi connectivity index (χ2n) is 8.96. The highest BCUT2D eigenvalue weighted by Gasteiger charge is 2.30. The number of anilines is 1. The first-order valence-electron chi connectivity index (χ1n) is 11.9. The van der Waals surface area contributed by atoms with Crippen LogP contribution in [-0.4, -0.2) is 25.2 Å². The van der Waals surface area contributed by atoms with E-state index in [-0.39, 0.29) is 18.0 Å². The molecule has 0 saturated heterocycles. The maximum atomic E-state index is 14.0. The first kappa shape index (κ1) is 28.2. The summed E-state index contributed by atoms with van der Waals surface area (Å²) in [6.07, 6.45) is 1.49. The van der Waals surface area contributed by atoms with Gasteiger partial charge in [0.05, 0.1) is 21.5 Å². The number of nitrogens with one attached hydrogen (secondary N) is 1. The van der Waals surface area contributed by atoms with Gasteiger partial charge in [-0.05, 0) is 73.6 Å². The summed E-state index contributed by atoms with van der Waals surface area (Å²) in [5.41, 5.74) is 5.64. The number of benzene rings is 3. The number of rotatable bonds is 9. The maximum absolute atomic E-state index is 14.0. The summed E-state index contributed by atoms with van der Waals surface area (Å²) >= 11 is 12.3. The molecule has 0 spiro atoms. The molecule has 0 aliphatic rings. The van der Waals surface area contributed by atoms with Gasteiger partial charge >= 0.3 is 0 Å². The minimum atomic E-state index is -4.02. The highest BCUT2D eigenvalue weighted by atomic mass is 35.5. The van der Waals surface area contributed by atoms with Crippen LogP contribution in [0.15, 0.2) is 53.4 Å². The van der Waals surface area contributed by atoms with Crippen molar-refractivity contribution in [2.75, 3.05) is 11.9 Å². The van der Waals surface area contributed by atoms with E-state index < -0.39 is 15.9 Å². The molecular weight excluding hydrogens is 515 g/mol. The van der Waals surface area contributed by atoms with Gasteiger partial charge in [-0.1, -0.05) is 79.0 Å². The van der Waals surface area contributed by atoms with Gasteiger partial charge in [-0.2, -0.15) is 4.31 Å². The minimum absolute atomic E-state index is 0.0323. The van der Waals surface area contributed by atoms with Gasteiger partial charge in [0.2, 0.25) is 15.9 Å². The molecule has 3 aromatic rings. The number of para-hydroxylation sites is 1. The van der Waals surface area contributed by atoms with Gasteiger partial charge < -0.3 is 5.32 Å². The van der Waals surface area contributed by atoms with Crippen molar-refractivity contribution in [3.63, 3.8) is 0 Å². The molecule has 0 aromatic heterocycles. The molecule has 192 valence electrons. The number of amides is 1. The van der Waals surface area contributed by atoms with Crippen molar-refractivity contribution in [2.24, 2.45) is 0 Å². The summed E-state index contributed by atoms with van der Waals surface area (Å²) in [6.45, 7) is 9.13. The molecule has 0 unspecified atom stereocenters. The summed E-state index contributed by atoms with van der Waals surface area (Å²) in [4.78, 5) is 13.5. The number of carbonyl (C=O) groups excluding carboxylic acids is 1. The zero-order valence-corrected chi connectivity index (χ0v) is 23.6. The van der Waals surface area contributed by atoms with Gasteiger partial charge in [0.25, 0.3) is 0 Å². The van der Waals surface area contributed by atoms with Crippen LogP contribution in [0, 0.1) is 20.8 Å². The molecule has 0 fully saturated rings. The maximum Gasteiger partial charge on any atom is 0.244 e. The SMILES string of the molecule is CCc1cccc(CC)c1NC(=O)CN(Cc1ccc(Cl)c(Cl)c1)S(=O)(=O)c1c(C)cc(C)cc1C. The van der Waals surface area contributed by atoms with Crippen LogP contribution in [0.1, 0.15) is 47.2 Å². The zero-order valence-electron chi connectivity index (χ0n) is 21.3. The van der Waals surface area contributed by atoms with E-state index in [9.17, 15) is 13.2 Å². The number of nitrogens with zero attached hydrogens (tertiary/aromatic N) is 1. The van der Waals surface area contributed by atoms with E-state index >= 15 is 0 Å². The second kappa shape index (κ2) is 11.8. The second-order valence-corrected chi connectivity index (χ2v) is 11.6. The molecule has 0 aliphatic carbocycles. The summed E-state index contributed by atoms with van der Waals surface area (Å²) in [6, 6.07) is 14.5. The van der Waals surface area contributed by atoms with E-state index in [1.807, 2.05) is 51.1 Å². The molecule has 36 heavy (non-hydrogen) atoms. The molecule has 0 saturated carbocycles. The van der Waals surface area contributed by atoms with E-state index in [1.54, 1.807) is 32.0 Å². The first-order chi connectivity index (χ1) is 17.0. The number of hydrogen-bond acceptors (Lipinski definition) is 3. The molecule has 0 heterocycles. The lowest BCUT2D eigenvalue weighted by Crippen LogP contribution is -2.38. The number of aryl methyl sites for hydroxylation is 5. The standard InChI is InChI=1S/C28H32Cl2N2O3S/c1-6-22-9-8-10-23(7-2)27(22)31-26(33)17-32(16-21-11-12-24(29)25(30)15-21)36(34,35)28-19(4)13-18(3)14-20(28)5/h8-15H,6-7,16-17H2,1-5H3,(H,31,33). The van der Waals surface area contributed by atoms with Crippen molar-refractivity contribution in [1.82, 2.24) is 4.31 Å². The molecule has 0 radical (unpaired) electrons. The summed E-state index contributed by atoms with van der Waals surface area (Å²) in [5, 5.41) is 3.69. The number of sulfonamides is 1. The van der Waals surface area contributed by atoms with E-state index in [0.717, 1.165) is 35.2 Å². The molecule has 0 atom stereocenters. The molecule has 3 rings (SSSR count). The molecule has 5 nitrogen and oxygen atoms in total. The topological polar surface area (TPSA) is 66.5 Å². The number of halogens is 2. The Hall–Kier alpha value is -2.38. The average Bonchev–Trinajstić information content (AvgIpc) is 2.80. The van der Waals surface area contributed by atoms with Crippen molar-refractivity contribution in [1.29, 1.82) is 0 Å². The lowest BCUT2D eigenvalue weighted by Gasteiger charge is -2.25. The van der Waals surface area contributed by atoms with Crippen LogP contribution in [0.2, 0.25) is 10.0 Å². The molecule has 0 bridgehead atoms. The largest absolute Gasteiger partial charge is 0.324 e. The smallest absolute Gasteiger partial charge is 0.244 e. The fraction of sp³-hybridized carbons (Fsp3) is 0.321. The van der Waals surface area contributed by atoms with E-state index in [0.29, 0.717) is 26.7 Å². The predicted molar refractivity (Wildman–Crippen MR) is 149 cm³/mol. The Bertz CT molecular complexity index is 1340. The number of hydrogen-bond donors (Lipinski definition) is 1. The molecule has 1 amide bonds. The third kappa shape index (κ3) is 6.30. The van der Waals surface area contributed by atoms with Crippen LogP contribution in [0.5, 0.6) is 0 Å². The lowest BCUT2D eigenvalue weighted by atomic mass is 10.0. The Labute approximate surface area is 224 Å². The number of carbonyl (C=O) groups is 1. The van der Waals surface area contributed by atoms with Gasteiger partial charge in [0, 0.05) is 12.2 Å². The van der Waals surface area contributed by atoms with Crippen molar-refractivity contribution < 1.29 is 13.2 Å². The van der Waals surface area contributed by atoms with Crippen LogP contribution < -0.4 is 5.32 Å². The molecular formula is C28H32Cl2N2O3S. The van der Waals surface area contributed by atoms with Crippen LogP contribution in [0.3, 0.4) is 0 Å². The minimum Gasteiger partial charge on any atom is -0.324 e. The van der Waals surface area contributed by atoms with E-state index in [2.05, 4.69) is 5.32 Å². The molecule has 3 aromatic carbocycles. The Balaban J connectivity index is 2.02. The fourth-order valence-electron chi connectivity index (χ4n) is 4.51. The Morgan fingerprint density at radius 1 is 0.889 bits per heavy atom. The van der Waals surface area contributed by atoms with E-state index in [1.165, 1.54) is 4.31 Å². The first-order valence-corrected chi connectivity index (χ1v) is 14.1. The van der Waals surface area contributed by atoms with Gasteiger partial charge in [-0.3, -0.25) is 4.79 Å². The zero-order chi connectivity index (χ0) is 26.6.